The number of hydrogen-bond donors (Lipinski definition) is 2. The lowest BCUT2D eigenvalue weighted by atomic mass is 10.1. The van der Waals surface area contributed by atoms with E-state index in [1.807, 2.05) is 13.8 Å². The van der Waals surface area contributed by atoms with Crippen LogP contribution >= 0.6 is 0 Å². The zero-order valence-corrected chi connectivity index (χ0v) is 10.5. The quantitative estimate of drug-likeness (QED) is 0.628. The van der Waals surface area contributed by atoms with Gasteiger partial charge in [-0.3, -0.25) is 9.59 Å². The van der Waals surface area contributed by atoms with Gasteiger partial charge in [0.25, 0.3) is 0 Å². The minimum Gasteiger partial charge on any atom is -0.468 e. The normalized spacial score (nSPS) is 23.8. The van der Waals surface area contributed by atoms with E-state index in [1.54, 1.807) is 0 Å². The minimum absolute atomic E-state index is 0.0543. The smallest absolute Gasteiger partial charge is 0.325 e. The fourth-order valence-electron chi connectivity index (χ4n) is 1.82. The number of β-amino-alcohol motifs (C(OH)–C–C–N with tert-alkyl or cyclic N) is 1. The van der Waals surface area contributed by atoms with Gasteiger partial charge in [0.05, 0.1) is 19.3 Å². The molecule has 1 heterocycles. The van der Waals surface area contributed by atoms with Crippen LogP contribution in [0.5, 0.6) is 0 Å². The van der Waals surface area contributed by atoms with E-state index >= 15 is 0 Å². The van der Waals surface area contributed by atoms with Crippen molar-refractivity contribution in [2.75, 3.05) is 20.2 Å². The monoisotopic (exact) mass is 244 g/mol. The topological polar surface area (TPSA) is 78.9 Å². The molecule has 1 saturated heterocycles. The molecule has 98 valence electrons. The number of aliphatic hydroxyl groups is 1. The molecule has 1 rings (SSSR count). The van der Waals surface area contributed by atoms with Crippen LogP contribution < -0.4 is 5.32 Å². The van der Waals surface area contributed by atoms with Gasteiger partial charge in [-0.25, -0.2) is 0 Å². The van der Waals surface area contributed by atoms with Crippen LogP contribution in [0.1, 0.15) is 20.3 Å². The number of amides is 1. The van der Waals surface area contributed by atoms with Crippen LogP contribution in [-0.2, 0) is 14.3 Å². The Balaban J connectivity index is 2.63. The lowest BCUT2D eigenvalue weighted by Gasteiger charge is -2.28. The van der Waals surface area contributed by atoms with Gasteiger partial charge in [0.2, 0.25) is 5.91 Å². The van der Waals surface area contributed by atoms with Crippen LogP contribution in [0.25, 0.3) is 0 Å². The number of esters is 1. The molecule has 1 aliphatic rings. The van der Waals surface area contributed by atoms with Gasteiger partial charge in [-0.05, 0) is 20.3 Å². The van der Waals surface area contributed by atoms with Crippen molar-refractivity contribution in [3.63, 3.8) is 0 Å². The summed E-state index contributed by atoms with van der Waals surface area (Å²) < 4.78 is 4.56. The molecule has 0 aromatic rings. The first-order valence-electron chi connectivity index (χ1n) is 5.74. The molecular formula is C11H20N2O4. The average molecular weight is 244 g/mol. The summed E-state index contributed by atoms with van der Waals surface area (Å²) in [7, 11) is 1.29. The summed E-state index contributed by atoms with van der Waals surface area (Å²) in [6, 6.07) is -0.488. The van der Waals surface area contributed by atoms with Crippen molar-refractivity contribution in [2.24, 2.45) is 0 Å². The molecule has 17 heavy (non-hydrogen) atoms. The molecule has 1 fully saturated rings. The number of rotatable bonds is 4. The van der Waals surface area contributed by atoms with E-state index in [1.165, 1.54) is 12.0 Å². The molecule has 6 nitrogen and oxygen atoms in total. The molecule has 0 aliphatic carbocycles. The van der Waals surface area contributed by atoms with Gasteiger partial charge in [0, 0.05) is 12.6 Å². The van der Waals surface area contributed by atoms with Crippen LogP contribution in [0.3, 0.4) is 0 Å². The lowest BCUT2D eigenvalue weighted by Crippen LogP contribution is -2.48. The summed E-state index contributed by atoms with van der Waals surface area (Å²) >= 11 is 0. The summed E-state index contributed by atoms with van der Waals surface area (Å²) in [5.74, 6) is -0.604. The summed E-state index contributed by atoms with van der Waals surface area (Å²) in [5.41, 5.74) is 0. The molecule has 1 amide bonds. The van der Waals surface area contributed by atoms with Crippen molar-refractivity contribution in [1.82, 2.24) is 10.2 Å². The zero-order valence-electron chi connectivity index (χ0n) is 10.5. The van der Waals surface area contributed by atoms with Crippen molar-refractivity contribution in [3.05, 3.63) is 0 Å². The third-order valence-corrected chi connectivity index (χ3v) is 2.84. The van der Waals surface area contributed by atoms with Crippen LogP contribution in [0.2, 0.25) is 0 Å². The SMILES string of the molecule is COC(=O)CN(C(=O)C1CC(O)CN1)C(C)C. The van der Waals surface area contributed by atoms with Crippen molar-refractivity contribution < 1.29 is 19.4 Å². The van der Waals surface area contributed by atoms with E-state index in [-0.39, 0.29) is 18.5 Å². The Morgan fingerprint density at radius 3 is 2.59 bits per heavy atom. The lowest BCUT2D eigenvalue weighted by molar-refractivity contribution is -0.148. The largest absolute Gasteiger partial charge is 0.468 e. The fourth-order valence-corrected chi connectivity index (χ4v) is 1.82. The van der Waals surface area contributed by atoms with Gasteiger partial charge in [-0.15, -0.1) is 0 Å². The number of hydrogen-bond acceptors (Lipinski definition) is 5. The van der Waals surface area contributed by atoms with Crippen LogP contribution in [0, 0.1) is 0 Å². The summed E-state index contributed by atoms with van der Waals surface area (Å²) in [4.78, 5) is 24.8. The Bertz CT molecular complexity index is 293. The molecule has 1 aliphatic heterocycles. The van der Waals surface area contributed by atoms with E-state index in [0.29, 0.717) is 13.0 Å². The second-order valence-corrected chi connectivity index (χ2v) is 4.49. The third kappa shape index (κ3) is 3.67. The first-order valence-corrected chi connectivity index (χ1v) is 5.74. The molecule has 2 unspecified atom stereocenters. The van der Waals surface area contributed by atoms with Gasteiger partial charge in [-0.2, -0.15) is 0 Å². The number of nitrogens with zero attached hydrogens (tertiary/aromatic N) is 1. The highest BCUT2D eigenvalue weighted by molar-refractivity contribution is 5.86. The van der Waals surface area contributed by atoms with Gasteiger partial charge in [0.15, 0.2) is 0 Å². The Hall–Kier alpha value is -1.14. The minimum atomic E-state index is -0.490. The van der Waals surface area contributed by atoms with Crippen LogP contribution in [-0.4, -0.2) is 60.3 Å². The highest BCUT2D eigenvalue weighted by atomic mass is 16.5. The van der Waals surface area contributed by atoms with Gasteiger partial charge in [-0.1, -0.05) is 0 Å². The molecule has 0 spiro atoms. The van der Waals surface area contributed by atoms with Crippen LogP contribution in [0.4, 0.5) is 0 Å². The Morgan fingerprint density at radius 2 is 2.18 bits per heavy atom. The molecule has 2 atom stereocenters. The molecule has 0 aromatic heterocycles. The highest BCUT2D eigenvalue weighted by Crippen LogP contribution is 2.11. The molecule has 0 radical (unpaired) electrons. The first kappa shape index (κ1) is 13.9. The average Bonchev–Trinajstić information content (AvgIpc) is 2.71. The predicted octanol–water partition coefficient (Wildman–Crippen LogP) is -0.881. The van der Waals surface area contributed by atoms with Gasteiger partial charge < -0.3 is 20.1 Å². The summed E-state index contributed by atoms with van der Waals surface area (Å²) in [5, 5.41) is 12.3. The van der Waals surface area contributed by atoms with Crippen molar-refractivity contribution in [2.45, 2.75) is 38.5 Å². The van der Waals surface area contributed by atoms with Gasteiger partial charge >= 0.3 is 5.97 Å². The number of carbonyl (C=O) groups excluding carboxylic acids is 2. The van der Waals surface area contributed by atoms with E-state index in [2.05, 4.69) is 10.1 Å². The Labute approximate surface area is 101 Å². The number of ether oxygens (including phenoxy) is 1. The zero-order chi connectivity index (χ0) is 13.0. The maximum Gasteiger partial charge on any atom is 0.325 e. The number of aliphatic hydroxyl groups excluding tert-OH is 1. The van der Waals surface area contributed by atoms with Crippen molar-refractivity contribution in [3.8, 4) is 0 Å². The number of carbonyl (C=O) groups is 2. The summed E-state index contributed by atoms with van der Waals surface area (Å²) in [6.07, 6.45) is -0.0976. The third-order valence-electron chi connectivity index (χ3n) is 2.84. The second-order valence-electron chi connectivity index (χ2n) is 4.49. The molecule has 6 heteroatoms. The Kier molecular flexibility index (Phi) is 4.89. The Morgan fingerprint density at radius 1 is 1.53 bits per heavy atom. The maximum atomic E-state index is 12.1. The van der Waals surface area contributed by atoms with Crippen molar-refractivity contribution >= 4 is 11.9 Å². The fraction of sp³-hybridized carbons (Fsp3) is 0.818. The standard InChI is InChI=1S/C11H20N2O4/c1-7(2)13(6-10(15)17-3)11(16)9-4-8(14)5-12-9/h7-9,12,14H,4-6H2,1-3H3. The molecule has 0 aromatic carbocycles. The summed E-state index contributed by atoms with van der Waals surface area (Å²) in [6.45, 7) is 4.04. The molecule has 0 bridgehead atoms. The number of methoxy groups -OCH3 is 1. The maximum absolute atomic E-state index is 12.1. The van der Waals surface area contributed by atoms with Crippen LogP contribution in [0.15, 0.2) is 0 Å². The highest BCUT2D eigenvalue weighted by Gasteiger charge is 2.33. The first-order chi connectivity index (χ1) is 7.95. The van der Waals surface area contributed by atoms with E-state index < -0.39 is 18.1 Å². The van der Waals surface area contributed by atoms with E-state index in [0.717, 1.165) is 0 Å². The van der Waals surface area contributed by atoms with E-state index in [4.69, 9.17) is 0 Å². The van der Waals surface area contributed by atoms with E-state index in [9.17, 15) is 14.7 Å². The van der Waals surface area contributed by atoms with Gasteiger partial charge in [0.1, 0.15) is 6.54 Å². The molecular weight excluding hydrogens is 224 g/mol. The number of nitrogens with one attached hydrogen (secondary N) is 1. The molecule has 0 saturated carbocycles. The second kappa shape index (κ2) is 5.97. The van der Waals surface area contributed by atoms with Crippen molar-refractivity contribution in [1.29, 1.82) is 0 Å². The predicted molar refractivity (Wildman–Crippen MR) is 61.3 cm³/mol. The molecule has 2 N–H and O–H groups in total.